The van der Waals surface area contributed by atoms with Gasteiger partial charge in [-0.3, -0.25) is 4.79 Å². The third kappa shape index (κ3) is 5.80. The smallest absolute Gasteiger partial charge is 0.407 e. The standard InChI is InChI=1S/C30H29NO7/c1-35-22-11-13-24-25-14-12-23(16-27(25)38-29(33)26(24)15-22)37-28(32)21-9-7-19(8-10-21)17-31-30(34)36-18-20-5-3-2-4-6-20/h2-6,11-16,19,21H,7-10,17-18H2,1H3,(H,31,34). The number of ether oxygens (including phenoxy) is 3. The van der Waals surface area contributed by atoms with Gasteiger partial charge in [0, 0.05) is 23.4 Å². The highest BCUT2D eigenvalue weighted by Gasteiger charge is 2.28. The lowest BCUT2D eigenvalue weighted by Crippen LogP contribution is -2.33. The molecule has 3 aromatic carbocycles. The Bertz CT molecular complexity index is 1500. The quantitative estimate of drug-likeness (QED) is 0.148. The summed E-state index contributed by atoms with van der Waals surface area (Å²) in [5.74, 6) is 0.672. The van der Waals surface area contributed by atoms with E-state index in [-0.39, 0.29) is 24.4 Å². The summed E-state index contributed by atoms with van der Waals surface area (Å²) < 4.78 is 21.6. The fraction of sp³-hybridized carbons (Fsp3) is 0.300. The van der Waals surface area contributed by atoms with Crippen molar-refractivity contribution in [1.82, 2.24) is 5.32 Å². The van der Waals surface area contributed by atoms with Gasteiger partial charge in [0.1, 0.15) is 23.7 Å². The second-order valence-corrected chi connectivity index (χ2v) is 9.54. The minimum atomic E-state index is -0.481. The molecule has 0 saturated heterocycles. The Hall–Kier alpha value is -4.33. The Morgan fingerprint density at radius 1 is 0.895 bits per heavy atom. The predicted octanol–water partition coefficient (Wildman–Crippen LogP) is 5.59. The van der Waals surface area contributed by atoms with Crippen LogP contribution in [-0.4, -0.2) is 25.7 Å². The van der Waals surface area contributed by atoms with Gasteiger partial charge in [0.2, 0.25) is 0 Å². The van der Waals surface area contributed by atoms with Crippen LogP contribution < -0.4 is 20.4 Å². The fourth-order valence-electron chi connectivity index (χ4n) is 4.89. The zero-order chi connectivity index (χ0) is 26.5. The van der Waals surface area contributed by atoms with Gasteiger partial charge in [0.25, 0.3) is 0 Å². The van der Waals surface area contributed by atoms with Gasteiger partial charge in [0.05, 0.1) is 18.4 Å². The van der Waals surface area contributed by atoms with Crippen LogP contribution in [0.3, 0.4) is 0 Å². The van der Waals surface area contributed by atoms with E-state index in [4.69, 9.17) is 18.6 Å². The third-order valence-corrected chi connectivity index (χ3v) is 7.04. The van der Waals surface area contributed by atoms with Gasteiger partial charge in [-0.05, 0) is 67.5 Å². The Morgan fingerprint density at radius 2 is 1.63 bits per heavy atom. The lowest BCUT2D eigenvalue weighted by atomic mass is 9.82. The summed E-state index contributed by atoms with van der Waals surface area (Å²) >= 11 is 0. The Kier molecular flexibility index (Phi) is 7.58. The Labute approximate surface area is 219 Å². The number of carbonyl (C=O) groups excluding carboxylic acids is 2. The molecular weight excluding hydrogens is 486 g/mol. The van der Waals surface area contributed by atoms with E-state index >= 15 is 0 Å². The number of fused-ring (bicyclic) bond motifs is 3. The normalized spacial score (nSPS) is 17.2. The second kappa shape index (κ2) is 11.4. The molecule has 0 atom stereocenters. The highest BCUT2D eigenvalue weighted by molar-refractivity contribution is 6.05. The second-order valence-electron chi connectivity index (χ2n) is 9.54. The van der Waals surface area contributed by atoms with Crippen molar-refractivity contribution in [3.63, 3.8) is 0 Å². The molecule has 0 aliphatic heterocycles. The zero-order valence-electron chi connectivity index (χ0n) is 21.1. The summed E-state index contributed by atoms with van der Waals surface area (Å²) in [5, 5.41) is 4.74. The van der Waals surface area contributed by atoms with Gasteiger partial charge in [-0.1, -0.05) is 30.3 Å². The van der Waals surface area contributed by atoms with E-state index in [1.165, 1.54) is 7.11 Å². The Balaban J connectivity index is 1.13. The number of amides is 1. The van der Waals surface area contributed by atoms with Crippen LogP contribution in [-0.2, 0) is 16.1 Å². The number of rotatable bonds is 7. The molecule has 38 heavy (non-hydrogen) atoms. The molecule has 1 aliphatic carbocycles. The molecule has 1 aliphatic rings. The first kappa shape index (κ1) is 25.3. The molecule has 0 radical (unpaired) electrons. The monoisotopic (exact) mass is 515 g/mol. The fourth-order valence-corrected chi connectivity index (χ4v) is 4.89. The van der Waals surface area contributed by atoms with Crippen molar-refractivity contribution in [3.8, 4) is 11.5 Å². The summed E-state index contributed by atoms with van der Waals surface area (Å²) in [6.07, 6.45) is 2.53. The molecule has 196 valence electrons. The van der Waals surface area contributed by atoms with Crippen LogP contribution in [0.5, 0.6) is 11.5 Å². The maximum absolute atomic E-state index is 12.8. The number of esters is 1. The van der Waals surface area contributed by atoms with Crippen LogP contribution in [0.2, 0.25) is 0 Å². The summed E-state index contributed by atoms with van der Waals surface area (Å²) in [6, 6.07) is 19.8. The van der Waals surface area contributed by atoms with Crippen LogP contribution in [0, 0.1) is 11.8 Å². The SMILES string of the molecule is COc1ccc2c(c1)c(=O)oc1cc(OC(=O)C3CCC(CNC(=O)OCc4ccccc4)CC3)ccc12. The lowest BCUT2D eigenvalue weighted by Gasteiger charge is -2.27. The molecule has 0 unspecified atom stereocenters. The topological polar surface area (TPSA) is 104 Å². The van der Waals surface area contributed by atoms with Crippen molar-refractivity contribution in [3.05, 3.63) is 82.7 Å². The number of nitrogens with one attached hydrogen (secondary N) is 1. The molecule has 4 aromatic rings. The van der Waals surface area contributed by atoms with E-state index < -0.39 is 11.7 Å². The molecule has 0 bridgehead atoms. The number of hydrogen-bond acceptors (Lipinski definition) is 7. The minimum absolute atomic E-state index is 0.219. The molecule has 1 saturated carbocycles. The van der Waals surface area contributed by atoms with Crippen molar-refractivity contribution < 1.29 is 28.2 Å². The molecule has 1 fully saturated rings. The van der Waals surface area contributed by atoms with Crippen molar-refractivity contribution >= 4 is 33.8 Å². The summed E-state index contributed by atoms with van der Waals surface area (Å²) in [7, 11) is 1.54. The first-order valence-corrected chi connectivity index (χ1v) is 12.7. The average Bonchev–Trinajstić information content (AvgIpc) is 2.95. The average molecular weight is 516 g/mol. The van der Waals surface area contributed by atoms with Crippen molar-refractivity contribution in [2.75, 3.05) is 13.7 Å². The number of benzene rings is 3. The molecule has 1 N–H and O–H groups in total. The Morgan fingerprint density at radius 3 is 2.39 bits per heavy atom. The van der Waals surface area contributed by atoms with Gasteiger partial charge in [-0.2, -0.15) is 0 Å². The van der Waals surface area contributed by atoms with Crippen molar-refractivity contribution in [2.24, 2.45) is 11.8 Å². The summed E-state index contributed by atoms with van der Waals surface area (Å²) in [4.78, 5) is 37.3. The molecule has 8 heteroatoms. The van der Waals surface area contributed by atoms with Gasteiger partial charge in [0.15, 0.2) is 0 Å². The molecule has 5 rings (SSSR count). The molecule has 1 amide bonds. The number of methoxy groups -OCH3 is 1. The van der Waals surface area contributed by atoms with Crippen LogP contribution in [0.4, 0.5) is 4.79 Å². The summed E-state index contributed by atoms with van der Waals surface area (Å²) in [6.45, 7) is 0.743. The predicted molar refractivity (Wildman–Crippen MR) is 142 cm³/mol. The van der Waals surface area contributed by atoms with Crippen molar-refractivity contribution in [1.29, 1.82) is 0 Å². The largest absolute Gasteiger partial charge is 0.497 e. The minimum Gasteiger partial charge on any atom is -0.497 e. The highest BCUT2D eigenvalue weighted by Crippen LogP contribution is 2.32. The van der Waals surface area contributed by atoms with Crippen LogP contribution >= 0.6 is 0 Å². The zero-order valence-corrected chi connectivity index (χ0v) is 21.1. The van der Waals surface area contributed by atoms with Gasteiger partial charge >= 0.3 is 17.7 Å². The molecule has 1 aromatic heterocycles. The van der Waals surface area contributed by atoms with E-state index in [0.717, 1.165) is 29.2 Å². The van der Waals surface area contributed by atoms with E-state index in [9.17, 15) is 14.4 Å². The first-order chi connectivity index (χ1) is 18.5. The van der Waals surface area contributed by atoms with E-state index in [1.807, 2.05) is 36.4 Å². The summed E-state index contributed by atoms with van der Waals surface area (Å²) in [5.41, 5.74) is 0.807. The highest BCUT2D eigenvalue weighted by atomic mass is 16.5. The van der Waals surface area contributed by atoms with E-state index in [0.29, 0.717) is 41.9 Å². The van der Waals surface area contributed by atoms with E-state index in [2.05, 4.69) is 5.32 Å². The van der Waals surface area contributed by atoms with Crippen LogP contribution in [0.15, 0.2) is 75.9 Å². The molecule has 8 nitrogen and oxygen atoms in total. The van der Waals surface area contributed by atoms with Crippen LogP contribution in [0.1, 0.15) is 31.2 Å². The molecule has 0 spiro atoms. The lowest BCUT2D eigenvalue weighted by molar-refractivity contribution is -0.140. The number of carbonyl (C=O) groups is 2. The number of hydrogen-bond donors (Lipinski definition) is 1. The van der Waals surface area contributed by atoms with E-state index in [1.54, 1.807) is 30.3 Å². The van der Waals surface area contributed by atoms with Gasteiger partial charge < -0.3 is 23.9 Å². The molecular formula is C30H29NO7. The molecule has 1 heterocycles. The van der Waals surface area contributed by atoms with Crippen LogP contribution in [0.25, 0.3) is 21.7 Å². The third-order valence-electron chi connectivity index (χ3n) is 7.04. The number of alkyl carbamates (subject to hydrolysis) is 1. The van der Waals surface area contributed by atoms with Gasteiger partial charge in [-0.25, -0.2) is 9.59 Å². The maximum atomic E-state index is 12.8. The van der Waals surface area contributed by atoms with Crippen molar-refractivity contribution in [2.45, 2.75) is 32.3 Å². The van der Waals surface area contributed by atoms with Gasteiger partial charge in [-0.15, -0.1) is 0 Å². The first-order valence-electron chi connectivity index (χ1n) is 12.7. The maximum Gasteiger partial charge on any atom is 0.407 e.